The highest BCUT2D eigenvalue weighted by Gasteiger charge is 2.38. The van der Waals surface area contributed by atoms with E-state index in [0.29, 0.717) is 16.3 Å². The zero-order valence-corrected chi connectivity index (χ0v) is 17.8. The lowest BCUT2D eigenvalue weighted by Gasteiger charge is -2.25. The third-order valence-electron chi connectivity index (χ3n) is 5.32. The second-order valence-corrected chi connectivity index (χ2v) is 9.74. The molecule has 1 aliphatic rings. The first kappa shape index (κ1) is 19.8. The molecule has 0 unspecified atom stereocenters. The smallest absolute Gasteiger partial charge is 0.322 e. The van der Waals surface area contributed by atoms with Gasteiger partial charge < -0.3 is 14.8 Å². The van der Waals surface area contributed by atoms with Crippen LogP contribution < -0.4 is 5.32 Å². The Morgan fingerprint density at radius 3 is 2.79 bits per heavy atom. The van der Waals surface area contributed by atoms with Crippen molar-refractivity contribution in [2.45, 2.75) is 30.8 Å². The quantitative estimate of drug-likeness (QED) is 0.651. The SMILES string of the molecule is CCCn1ccc2ccc(NC(=O)N(C)[C@H]3CS(=O)(=O)c4ccc(Cl)cc43)cc21. The molecule has 2 amide bonds. The van der Waals surface area contributed by atoms with Crippen LogP contribution in [0.2, 0.25) is 5.02 Å². The molecule has 0 bridgehead atoms. The largest absolute Gasteiger partial charge is 0.347 e. The Labute approximate surface area is 175 Å². The predicted molar refractivity (Wildman–Crippen MR) is 115 cm³/mol. The molecule has 6 nitrogen and oxygen atoms in total. The van der Waals surface area contributed by atoms with Crippen molar-refractivity contribution in [2.24, 2.45) is 0 Å². The molecule has 2 aromatic carbocycles. The van der Waals surface area contributed by atoms with Gasteiger partial charge in [-0.15, -0.1) is 0 Å². The monoisotopic (exact) mass is 431 g/mol. The molecule has 0 saturated carbocycles. The van der Waals surface area contributed by atoms with Gasteiger partial charge in [0.1, 0.15) is 0 Å². The summed E-state index contributed by atoms with van der Waals surface area (Å²) in [6.45, 7) is 3.02. The number of benzene rings is 2. The lowest BCUT2D eigenvalue weighted by Crippen LogP contribution is -2.35. The number of hydrogen-bond acceptors (Lipinski definition) is 3. The van der Waals surface area contributed by atoms with Crippen LogP contribution in [0.5, 0.6) is 0 Å². The molecule has 1 aliphatic heterocycles. The molecule has 152 valence electrons. The maximum absolute atomic E-state index is 12.9. The Hall–Kier alpha value is -2.51. The second kappa shape index (κ2) is 7.39. The average molecular weight is 432 g/mol. The number of nitrogens with zero attached hydrogens (tertiary/aromatic N) is 2. The molecule has 8 heteroatoms. The number of aromatic nitrogens is 1. The Morgan fingerprint density at radius 2 is 2.03 bits per heavy atom. The molecular formula is C21H22ClN3O3S. The van der Waals surface area contributed by atoms with Crippen LogP contribution in [0.25, 0.3) is 10.9 Å². The summed E-state index contributed by atoms with van der Waals surface area (Å²) < 4.78 is 27.1. The Balaban J connectivity index is 1.59. The highest BCUT2D eigenvalue weighted by Crippen LogP contribution is 2.38. The molecule has 1 atom stereocenters. The predicted octanol–water partition coefficient (Wildman–Crippen LogP) is 4.70. The zero-order valence-electron chi connectivity index (χ0n) is 16.2. The Bertz CT molecular complexity index is 1200. The van der Waals surface area contributed by atoms with Gasteiger partial charge in [-0.1, -0.05) is 24.6 Å². The van der Waals surface area contributed by atoms with E-state index in [1.165, 1.54) is 11.0 Å². The number of anilines is 1. The van der Waals surface area contributed by atoms with Gasteiger partial charge in [0.25, 0.3) is 0 Å². The number of amides is 2. The van der Waals surface area contributed by atoms with Gasteiger partial charge in [-0.2, -0.15) is 0 Å². The van der Waals surface area contributed by atoms with E-state index < -0.39 is 15.9 Å². The molecule has 2 heterocycles. The van der Waals surface area contributed by atoms with Crippen LogP contribution in [0.1, 0.15) is 24.9 Å². The summed E-state index contributed by atoms with van der Waals surface area (Å²) in [6.07, 6.45) is 3.05. The number of carbonyl (C=O) groups is 1. The first-order chi connectivity index (χ1) is 13.8. The van der Waals surface area contributed by atoms with Crippen molar-refractivity contribution in [3.63, 3.8) is 0 Å². The number of halogens is 1. The topological polar surface area (TPSA) is 71.4 Å². The van der Waals surface area contributed by atoms with Gasteiger partial charge in [0.05, 0.1) is 22.2 Å². The van der Waals surface area contributed by atoms with Crippen LogP contribution in [0, 0.1) is 0 Å². The fourth-order valence-corrected chi connectivity index (χ4v) is 5.83. The van der Waals surface area contributed by atoms with Crippen molar-refractivity contribution in [3.05, 3.63) is 59.2 Å². The summed E-state index contributed by atoms with van der Waals surface area (Å²) in [7, 11) is -1.84. The number of rotatable bonds is 4. The van der Waals surface area contributed by atoms with Crippen molar-refractivity contribution in [1.29, 1.82) is 0 Å². The molecule has 0 radical (unpaired) electrons. The number of aryl methyl sites for hydroxylation is 1. The minimum absolute atomic E-state index is 0.148. The van der Waals surface area contributed by atoms with Crippen LogP contribution in [0.4, 0.5) is 10.5 Å². The van der Waals surface area contributed by atoms with Crippen LogP contribution in [-0.2, 0) is 16.4 Å². The maximum atomic E-state index is 12.9. The summed E-state index contributed by atoms with van der Waals surface area (Å²) in [5, 5.41) is 4.44. The van der Waals surface area contributed by atoms with Gasteiger partial charge in [-0.25, -0.2) is 13.2 Å². The van der Waals surface area contributed by atoms with Crippen molar-refractivity contribution in [2.75, 3.05) is 18.1 Å². The lowest BCUT2D eigenvalue weighted by atomic mass is 10.1. The summed E-state index contributed by atoms with van der Waals surface area (Å²) in [5.41, 5.74) is 2.27. The van der Waals surface area contributed by atoms with Crippen LogP contribution >= 0.6 is 11.6 Å². The van der Waals surface area contributed by atoms with Gasteiger partial charge in [-0.3, -0.25) is 0 Å². The molecule has 3 aromatic rings. The van der Waals surface area contributed by atoms with Gasteiger partial charge >= 0.3 is 6.03 Å². The first-order valence-corrected chi connectivity index (χ1v) is 11.5. The van der Waals surface area contributed by atoms with E-state index in [1.54, 1.807) is 19.2 Å². The Kier molecular flexibility index (Phi) is 5.04. The number of urea groups is 1. The van der Waals surface area contributed by atoms with E-state index in [2.05, 4.69) is 16.8 Å². The number of nitrogens with one attached hydrogen (secondary N) is 1. The number of hydrogen-bond donors (Lipinski definition) is 1. The normalized spacial score (nSPS) is 17.3. The summed E-state index contributed by atoms with van der Waals surface area (Å²) in [5.74, 6) is -0.148. The molecular weight excluding hydrogens is 410 g/mol. The summed E-state index contributed by atoms with van der Waals surface area (Å²) in [6, 6.07) is 11.5. The molecule has 4 rings (SSSR count). The van der Waals surface area contributed by atoms with Crippen molar-refractivity contribution >= 4 is 44.1 Å². The zero-order chi connectivity index (χ0) is 20.8. The fourth-order valence-electron chi connectivity index (χ4n) is 3.82. The third-order valence-corrected chi connectivity index (χ3v) is 7.35. The minimum atomic E-state index is -3.44. The Morgan fingerprint density at radius 1 is 1.24 bits per heavy atom. The van der Waals surface area contributed by atoms with E-state index in [0.717, 1.165) is 23.9 Å². The van der Waals surface area contributed by atoms with E-state index in [-0.39, 0.29) is 16.7 Å². The first-order valence-electron chi connectivity index (χ1n) is 9.45. The maximum Gasteiger partial charge on any atom is 0.322 e. The minimum Gasteiger partial charge on any atom is -0.347 e. The molecule has 0 fully saturated rings. The average Bonchev–Trinajstić information content (AvgIpc) is 3.19. The van der Waals surface area contributed by atoms with E-state index in [1.807, 2.05) is 30.5 Å². The van der Waals surface area contributed by atoms with E-state index >= 15 is 0 Å². The van der Waals surface area contributed by atoms with Gasteiger partial charge in [0, 0.05) is 30.5 Å². The van der Waals surface area contributed by atoms with Crippen LogP contribution in [-0.4, -0.2) is 36.7 Å². The van der Waals surface area contributed by atoms with Gasteiger partial charge in [0.2, 0.25) is 0 Å². The van der Waals surface area contributed by atoms with E-state index in [4.69, 9.17) is 11.6 Å². The highest BCUT2D eigenvalue weighted by atomic mass is 35.5. The second-order valence-electron chi connectivity index (χ2n) is 7.30. The lowest BCUT2D eigenvalue weighted by molar-refractivity contribution is 0.209. The highest BCUT2D eigenvalue weighted by molar-refractivity contribution is 7.91. The van der Waals surface area contributed by atoms with Crippen LogP contribution in [0.15, 0.2) is 53.6 Å². The fraction of sp³-hybridized carbons (Fsp3) is 0.286. The molecule has 0 aliphatic carbocycles. The molecule has 0 spiro atoms. The summed E-state index contributed by atoms with van der Waals surface area (Å²) in [4.78, 5) is 14.5. The third kappa shape index (κ3) is 3.60. The molecule has 0 saturated heterocycles. The number of sulfone groups is 1. The standard InChI is InChI=1S/C21H22ClN3O3S/c1-3-9-25-10-8-14-4-6-16(12-18(14)25)23-21(26)24(2)19-13-29(27,28)20-7-5-15(22)11-17(19)20/h4-8,10-12,19H,3,9,13H2,1-2H3,(H,23,26)/t19-/m0/s1. The number of carbonyl (C=O) groups excluding carboxylic acids is 1. The van der Waals surface area contributed by atoms with Crippen molar-refractivity contribution in [3.8, 4) is 0 Å². The molecule has 1 aromatic heterocycles. The van der Waals surface area contributed by atoms with Crippen molar-refractivity contribution < 1.29 is 13.2 Å². The van der Waals surface area contributed by atoms with Gasteiger partial charge in [-0.05, 0) is 53.8 Å². The number of fused-ring (bicyclic) bond motifs is 2. The van der Waals surface area contributed by atoms with E-state index in [9.17, 15) is 13.2 Å². The molecule has 1 N–H and O–H groups in total. The summed E-state index contributed by atoms with van der Waals surface area (Å²) >= 11 is 6.06. The van der Waals surface area contributed by atoms with Gasteiger partial charge in [0.15, 0.2) is 9.84 Å². The molecule has 29 heavy (non-hydrogen) atoms. The van der Waals surface area contributed by atoms with Crippen LogP contribution in [0.3, 0.4) is 0 Å². The van der Waals surface area contributed by atoms with Crippen molar-refractivity contribution in [1.82, 2.24) is 9.47 Å².